The van der Waals surface area contributed by atoms with E-state index in [4.69, 9.17) is 0 Å². The Kier molecular flexibility index (Phi) is 16.5. The molecule has 0 fully saturated rings. The standard InChI is InChI=1S/C20H16N5.2C18H15P.Ru/c1-13-7-5-11-17(21-13)23-19-15-9-3-4-10-16(15)20(25-19)24-18-12-6-8-14(2)22-18;2*1-4-10-16(11-5-1)19(17-12-6-2-7-13-17)18-14-8-3-9-15-18;/h3-12H,1-2H3;2*1-15H;/q-1;;;+1. The van der Waals surface area contributed by atoms with Crippen LogP contribution in [0, 0.1) is 13.8 Å². The zero-order valence-electron chi connectivity index (χ0n) is 35.6. The molecule has 0 atom stereocenters. The first kappa shape index (κ1) is 45.5. The molecule has 0 N–H and O–H groups in total. The Morgan fingerprint density at radius 2 is 0.562 bits per heavy atom. The van der Waals surface area contributed by atoms with E-state index in [0.29, 0.717) is 23.3 Å². The second kappa shape index (κ2) is 23.2. The Morgan fingerprint density at radius 1 is 0.312 bits per heavy atom. The fourth-order valence-corrected chi connectivity index (χ4v) is 11.6. The van der Waals surface area contributed by atoms with E-state index in [0.717, 1.165) is 22.5 Å². The number of aryl methyl sites for hydroxylation is 2. The molecule has 3 heterocycles. The maximum Gasteiger partial charge on any atom is 1.00 e. The van der Waals surface area contributed by atoms with Crippen LogP contribution in [0.5, 0.6) is 0 Å². The third-order valence-electron chi connectivity index (χ3n) is 9.90. The molecular formula is C56H46N5P2Ru. The van der Waals surface area contributed by atoms with Crippen molar-refractivity contribution in [3.8, 4) is 0 Å². The summed E-state index contributed by atoms with van der Waals surface area (Å²) in [5.41, 5.74) is 3.76. The quantitative estimate of drug-likeness (QED) is 0.113. The number of pyridine rings is 2. The van der Waals surface area contributed by atoms with Gasteiger partial charge in [0.05, 0.1) is 11.6 Å². The number of rotatable bonds is 8. The zero-order valence-corrected chi connectivity index (χ0v) is 39.1. The molecule has 0 amide bonds. The van der Waals surface area contributed by atoms with Crippen LogP contribution in [0.4, 0.5) is 11.6 Å². The Morgan fingerprint density at radius 3 is 0.812 bits per heavy atom. The molecule has 0 saturated carbocycles. The monoisotopic (exact) mass is 952 g/mol. The van der Waals surface area contributed by atoms with Gasteiger partial charge in [0.25, 0.3) is 0 Å². The van der Waals surface area contributed by atoms with E-state index >= 15 is 0 Å². The van der Waals surface area contributed by atoms with Gasteiger partial charge in [-0.3, -0.25) is 9.97 Å². The van der Waals surface area contributed by atoms with Crippen LogP contribution in [0.25, 0.3) is 5.32 Å². The fraction of sp³-hybridized carbons (Fsp3) is 0.0357. The van der Waals surface area contributed by atoms with Crippen molar-refractivity contribution in [1.82, 2.24) is 9.97 Å². The van der Waals surface area contributed by atoms with Crippen molar-refractivity contribution in [2.24, 2.45) is 9.98 Å². The molecule has 0 unspecified atom stereocenters. The molecule has 0 saturated heterocycles. The molecule has 10 rings (SSSR count). The van der Waals surface area contributed by atoms with Crippen LogP contribution < -0.4 is 31.8 Å². The number of benzene rings is 7. The summed E-state index contributed by atoms with van der Waals surface area (Å²) in [7, 11) is -0.892. The van der Waals surface area contributed by atoms with E-state index in [-0.39, 0.29) is 19.5 Å². The van der Waals surface area contributed by atoms with Crippen molar-refractivity contribution in [3.63, 3.8) is 0 Å². The van der Waals surface area contributed by atoms with Gasteiger partial charge in [-0.05, 0) is 96.9 Å². The average Bonchev–Trinajstić information content (AvgIpc) is 3.67. The van der Waals surface area contributed by atoms with Gasteiger partial charge in [-0.2, -0.15) is 0 Å². The molecule has 0 bridgehead atoms. The molecular weight excluding hydrogens is 906 g/mol. The summed E-state index contributed by atoms with van der Waals surface area (Å²) < 4.78 is 0. The van der Waals surface area contributed by atoms with Crippen LogP contribution in [0.1, 0.15) is 22.5 Å². The van der Waals surface area contributed by atoms with Gasteiger partial charge in [0, 0.05) is 23.1 Å². The van der Waals surface area contributed by atoms with Crippen molar-refractivity contribution in [1.29, 1.82) is 0 Å². The van der Waals surface area contributed by atoms with Crippen LogP contribution in [-0.2, 0) is 19.5 Å². The molecule has 0 spiro atoms. The molecule has 5 nitrogen and oxygen atoms in total. The third-order valence-corrected chi connectivity index (χ3v) is 14.8. The zero-order chi connectivity index (χ0) is 43.1. The third kappa shape index (κ3) is 12.1. The van der Waals surface area contributed by atoms with Crippen LogP contribution in [0.3, 0.4) is 0 Å². The minimum Gasteiger partial charge on any atom is -0.357 e. The first-order valence-corrected chi connectivity index (χ1v) is 23.5. The Bertz CT molecular complexity index is 2500. The number of fused-ring (bicyclic) bond motifs is 1. The maximum atomic E-state index is 4.63. The Hall–Kier alpha value is -6.54. The van der Waals surface area contributed by atoms with Crippen LogP contribution in [0.2, 0.25) is 0 Å². The minimum absolute atomic E-state index is 0. The van der Waals surface area contributed by atoms with Gasteiger partial charge < -0.3 is 15.3 Å². The van der Waals surface area contributed by atoms with E-state index in [2.05, 4.69) is 207 Å². The summed E-state index contributed by atoms with van der Waals surface area (Å²) in [5, 5.41) is 13.0. The summed E-state index contributed by atoms with van der Waals surface area (Å²) in [5.74, 6) is 2.53. The molecule has 313 valence electrons. The van der Waals surface area contributed by atoms with E-state index < -0.39 is 15.8 Å². The molecule has 7 aromatic carbocycles. The van der Waals surface area contributed by atoms with Crippen molar-refractivity contribution in [2.45, 2.75) is 13.8 Å². The first-order valence-electron chi connectivity index (χ1n) is 20.9. The first-order chi connectivity index (χ1) is 31.1. The SMILES string of the molecule is Cc1cccc(/N=C2\[N-]/C(=N\c3cccc(C)n3)c3ccccc32)n1.[Ru+].c1ccc(P(c2ccccc2)c2ccccc2)cc1.c1ccc(P(c2ccccc2)c2ccccc2)cc1. The smallest absolute Gasteiger partial charge is 0.357 e. The fourth-order valence-electron chi connectivity index (χ4n) is 7.02. The van der Waals surface area contributed by atoms with Crippen molar-refractivity contribution in [2.75, 3.05) is 0 Å². The van der Waals surface area contributed by atoms with Crippen LogP contribution in [0.15, 0.2) is 253 Å². The summed E-state index contributed by atoms with van der Waals surface area (Å²) in [6.45, 7) is 3.89. The second-order valence-electron chi connectivity index (χ2n) is 14.5. The largest absolute Gasteiger partial charge is 1.00 e. The van der Waals surface area contributed by atoms with Gasteiger partial charge in [0.15, 0.2) is 0 Å². The summed E-state index contributed by atoms with van der Waals surface area (Å²) >= 11 is 0. The summed E-state index contributed by atoms with van der Waals surface area (Å²) in [4.78, 5) is 18.1. The molecule has 64 heavy (non-hydrogen) atoms. The van der Waals surface area contributed by atoms with E-state index in [9.17, 15) is 0 Å². The van der Waals surface area contributed by atoms with Crippen molar-refractivity contribution < 1.29 is 19.5 Å². The van der Waals surface area contributed by atoms with Gasteiger partial charge in [-0.15, -0.1) is 0 Å². The normalized spacial score (nSPS) is 12.6. The van der Waals surface area contributed by atoms with Crippen molar-refractivity contribution >= 4 is 71.0 Å². The van der Waals surface area contributed by atoms with Gasteiger partial charge in [0.1, 0.15) is 0 Å². The van der Waals surface area contributed by atoms with E-state index in [1.54, 1.807) is 0 Å². The summed E-state index contributed by atoms with van der Waals surface area (Å²) in [6.07, 6.45) is 0. The molecule has 0 aliphatic carbocycles. The van der Waals surface area contributed by atoms with Gasteiger partial charge >= 0.3 is 19.5 Å². The van der Waals surface area contributed by atoms with E-state index in [1.807, 2.05) is 74.5 Å². The average molecular weight is 952 g/mol. The molecule has 8 heteroatoms. The predicted octanol–water partition coefficient (Wildman–Crippen LogP) is 11.5. The number of aliphatic imine (C=N–C) groups is 2. The molecule has 9 aromatic rings. The molecule has 1 aliphatic rings. The van der Waals surface area contributed by atoms with E-state index in [1.165, 1.54) is 31.8 Å². The number of nitrogens with zero attached hydrogens (tertiary/aromatic N) is 5. The number of amidine groups is 2. The van der Waals surface area contributed by atoms with Gasteiger partial charge in [-0.25, -0.2) is 0 Å². The number of aromatic nitrogens is 2. The minimum atomic E-state index is -0.446. The van der Waals surface area contributed by atoms with Gasteiger partial charge in [-0.1, -0.05) is 218 Å². The second-order valence-corrected chi connectivity index (χ2v) is 18.9. The van der Waals surface area contributed by atoms with Crippen LogP contribution in [-0.4, -0.2) is 21.6 Å². The molecule has 1 radical (unpaired) electrons. The number of hydrogen-bond donors (Lipinski definition) is 0. The Labute approximate surface area is 392 Å². The van der Waals surface area contributed by atoms with Gasteiger partial charge in [0.2, 0.25) is 0 Å². The summed E-state index contributed by atoms with van der Waals surface area (Å²) in [6, 6.07) is 84.1. The molecule has 2 aromatic heterocycles. The molecule has 1 aliphatic heterocycles. The topological polar surface area (TPSA) is 64.6 Å². The van der Waals surface area contributed by atoms with Crippen molar-refractivity contribution in [3.05, 3.63) is 270 Å². The predicted molar refractivity (Wildman–Crippen MR) is 270 cm³/mol. The number of hydrogen-bond acceptors (Lipinski definition) is 4. The Balaban J connectivity index is 0.000000144. The maximum absolute atomic E-state index is 4.63. The van der Waals surface area contributed by atoms with Crippen LogP contribution >= 0.6 is 15.8 Å².